The van der Waals surface area contributed by atoms with Crippen LogP contribution in [0.15, 0.2) is 97.3 Å². The van der Waals surface area contributed by atoms with Gasteiger partial charge in [-0.2, -0.15) is 10.2 Å². The minimum atomic E-state index is -1.47. The molecule has 4 atom stereocenters. The van der Waals surface area contributed by atoms with Crippen molar-refractivity contribution in [2.24, 2.45) is 16.6 Å². The first kappa shape index (κ1) is 86.9. The third-order valence-corrected chi connectivity index (χ3v) is 22.4. The molecule has 0 aliphatic carbocycles. The summed E-state index contributed by atoms with van der Waals surface area (Å²) in [5.74, 6) is -2.94. The molecule has 4 aliphatic rings. The molecule has 9 N–H and O–H groups in total. The summed E-state index contributed by atoms with van der Waals surface area (Å²) < 4.78 is 49.9. The van der Waals surface area contributed by atoms with Crippen molar-refractivity contribution < 1.29 is 52.1 Å². The van der Waals surface area contributed by atoms with E-state index in [-0.39, 0.29) is 73.7 Å². The number of carbonyl (C=O) groups excluding carboxylic acids is 4. The maximum atomic E-state index is 15.2. The largest absolute Gasteiger partial charge is 0.480 e. The van der Waals surface area contributed by atoms with Crippen molar-refractivity contribution in [1.82, 2.24) is 65.5 Å². The molecule has 8 heterocycles. The van der Waals surface area contributed by atoms with Gasteiger partial charge in [0.1, 0.15) is 28.1 Å². The van der Waals surface area contributed by atoms with E-state index in [0.29, 0.717) is 89.0 Å². The molecule has 616 valence electrons. The molecule has 0 radical (unpaired) electrons. The molecule has 4 fully saturated rings. The van der Waals surface area contributed by atoms with Crippen LogP contribution in [0.5, 0.6) is 0 Å². The topological polar surface area (TPSA) is 303 Å². The van der Waals surface area contributed by atoms with E-state index in [4.69, 9.17) is 29.9 Å². The van der Waals surface area contributed by atoms with E-state index in [1.165, 1.54) is 19.1 Å². The fraction of sp³-hybridized carbons (Fsp3) is 0.529. The number of carbonyl (C=O) groups is 5. The van der Waals surface area contributed by atoms with Gasteiger partial charge in [0.2, 0.25) is 17.7 Å². The molecule has 4 saturated heterocycles. The van der Waals surface area contributed by atoms with E-state index in [1.807, 2.05) is 120 Å². The number of nitrogens with one attached hydrogen (secondary N) is 6. The number of anilines is 2. The predicted octanol–water partition coefficient (Wildman–Crippen LogP) is 12.7. The summed E-state index contributed by atoms with van der Waals surface area (Å²) in [6.45, 7) is 36.5. The van der Waals surface area contributed by atoms with E-state index >= 15 is 4.39 Å². The number of amides is 4. The number of aliphatic carboxylic acids is 1. The van der Waals surface area contributed by atoms with E-state index < -0.39 is 28.3 Å². The summed E-state index contributed by atoms with van der Waals surface area (Å²) in [4.78, 5) is 80.9. The van der Waals surface area contributed by atoms with E-state index in [2.05, 4.69) is 77.9 Å². The van der Waals surface area contributed by atoms with Gasteiger partial charge < -0.3 is 61.9 Å². The van der Waals surface area contributed by atoms with Gasteiger partial charge in [0.25, 0.3) is 0 Å². The summed E-state index contributed by atoms with van der Waals surface area (Å²) >= 11 is 0. The van der Waals surface area contributed by atoms with Gasteiger partial charge in [-0.3, -0.25) is 29.0 Å². The van der Waals surface area contributed by atoms with Crippen molar-refractivity contribution in [3.63, 3.8) is 0 Å². The van der Waals surface area contributed by atoms with Crippen LogP contribution in [0.25, 0.3) is 44.3 Å². The van der Waals surface area contributed by atoms with Crippen LogP contribution in [0.4, 0.5) is 25.0 Å². The van der Waals surface area contributed by atoms with Crippen LogP contribution in [0.1, 0.15) is 173 Å². The van der Waals surface area contributed by atoms with Gasteiger partial charge in [-0.15, -0.1) is 0 Å². The second kappa shape index (κ2) is 39.7. The Labute approximate surface area is 670 Å². The van der Waals surface area contributed by atoms with Crippen molar-refractivity contribution in [2.75, 3.05) is 76.3 Å². The Morgan fingerprint density at radius 3 is 1.49 bits per heavy atom. The first-order chi connectivity index (χ1) is 54.6. The fourth-order valence-corrected chi connectivity index (χ4v) is 15.1. The number of nitrogens with two attached hydrogens (primary N) is 1. The highest BCUT2D eigenvalue weighted by atomic mass is 19.1. The smallest absolute Gasteiger partial charge is 0.410 e. The van der Waals surface area contributed by atoms with Crippen LogP contribution in [-0.4, -0.2) is 175 Å². The Morgan fingerprint density at radius 1 is 0.588 bits per heavy atom. The van der Waals surface area contributed by atoms with E-state index in [9.17, 15) is 33.5 Å². The number of aryl methyl sites for hydroxylation is 4. The number of rotatable bonds is 27. The molecule has 4 aromatic carbocycles. The minimum absolute atomic E-state index is 0.0652. The molecule has 4 aliphatic heterocycles. The molecular weight excluding hydrogens is 1450 g/mol. The number of carboxylic acid groups (broad SMARTS) is 1. The maximum Gasteiger partial charge on any atom is 0.410 e. The predicted molar refractivity (Wildman–Crippen MR) is 442 cm³/mol. The zero-order valence-corrected chi connectivity index (χ0v) is 69.0. The molecule has 12 rings (SSSR count). The molecule has 4 amide bonds. The fourth-order valence-electron chi connectivity index (χ4n) is 15.1. The van der Waals surface area contributed by atoms with E-state index in [1.54, 1.807) is 36.9 Å². The maximum absolute atomic E-state index is 15.2. The molecule has 27 heteroatoms. The van der Waals surface area contributed by atoms with Crippen molar-refractivity contribution in [2.45, 2.75) is 224 Å². The molecule has 0 spiro atoms. The number of fused-ring (bicyclic) bond motifs is 2. The van der Waals surface area contributed by atoms with Crippen LogP contribution in [0.2, 0.25) is 0 Å². The number of hydrogen-bond donors (Lipinski definition) is 8. The Bertz CT molecular complexity index is 4630. The Hall–Kier alpha value is -9.51. The van der Waals surface area contributed by atoms with Gasteiger partial charge in [0.05, 0.1) is 34.5 Å². The monoisotopic (exact) mass is 1570 g/mol. The van der Waals surface area contributed by atoms with Crippen LogP contribution in [0.3, 0.4) is 0 Å². The quantitative estimate of drug-likeness (QED) is 0.0222. The van der Waals surface area contributed by atoms with Crippen LogP contribution < -0.4 is 37.6 Å². The molecule has 8 aromatic rings. The average Bonchev–Trinajstić information content (AvgIpc) is 1.58. The molecule has 2 unspecified atom stereocenters. The van der Waals surface area contributed by atoms with Gasteiger partial charge in [0, 0.05) is 176 Å². The Kier molecular flexibility index (Phi) is 30.3. The number of pyridine rings is 2. The first-order valence-electron chi connectivity index (χ1n) is 40.8. The highest BCUT2D eigenvalue weighted by Gasteiger charge is 2.41. The average molecular weight is 1570 g/mol. The van der Waals surface area contributed by atoms with E-state index in [0.717, 1.165) is 161 Å². The third-order valence-electron chi connectivity index (χ3n) is 22.4. The summed E-state index contributed by atoms with van der Waals surface area (Å²) in [5, 5.41) is 40.2. The number of aromatic nitrogens is 6. The van der Waals surface area contributed by atoms with Crippen LogP contribution >= 0.6 is 0 Å². The van der Waals surface area contributed by atoms with Gasteiger partial charge in [-0.25, -0.2) is 32.9 Å². The molecular formula is C87H120F2N16O9. The van der Waals surface area contributed by atoms with Crippen molar-refractivity contribution in [3.8, 4) is 22.3 Å². The SMILES string of the molecule is CCc1nc2c(cnn2CC)c(NC2CCOCC2)c1CNC(=O)C(C)(CC)C(=O)NCc1ccc(F)c(-c2cccc(CN3CCN[C@@H](C)C3)c2)c1.CCc1nc2c(cnn2CC)c(NC2CCOCC2)c1CNC(=O)C(C)(CC)C(=O)O.C[C@H]1CN(Cc2cccc(-c3cc(CN)ccc3F)c2)CCN1C(=O)OC(C)(C)C. The van der Waals surface area contributed by atoms with Crippen molar-refractivity contribution in [1.29, 1.82) is 0 Å². The number of hydrogen-bond acceptors (Lipinski definition) is 18. The minimum Gasteiger partial charge on any atom is -0.480 e. The zero-order chi connectivity index (χ0) is 82.0. The number of ether oxygens (including phenoxy) is 3. The van der Waals surface area contributed by atoms with Crippen molar-refractivity contribution in [3.05, 3.63) is 154 Å². The number of benzene rings is 4. The summed E-state index contributed by atoms with van der Waals surface area (Å²) in [7, 11) is 0. The second-order valence-electron chi connectivity index (χ2n) is 31.8. The normalized spacial score (nSPS) is 17.7. The molecule has 0 saturated carbocycles. The number of halogens is 2. The van der Waals surface area contributed by atoms with Gasteiger partial charge in [-0.05, 0) is 183 Å². The standard InChI is InChI=1S/C41H55FN8O3.C24H32FN3O2.C22H33N5O4/c1-6-36-33(37(47-31-14-18-53-19-15-31)34-24-46-50(8-3)38(34)48-36)23-45-40(52)41(5,7-2)39(51)44-22-28-12-13-35(42)32(21-28)30-11-9-10-29(20-30)26-49-17-16-43-27(4)25-49;1-17-15-27(10-11-28(17)23(29)30-24(2,3)4)16-19-6-5-7-20(12-19)21-13-18(14-26)8-9-22(21)25;1-5-17-15(12-23-20(28)22(4,6-2)21(29)30)18(25-14-8-10-31-11-9-14)16-13-24-27(7-3)19(16)26-17/h9-13,20-21,24,27,31,43H,6-8,14-19,22-23,25-26H2,1-5H3,(H,44,51)(H,45,52)(H,47,48);5-9,12-13,17H,10-11,14-16,26H2,1-4H3;13-14H,5-12H2,1-4H3,(H,23,28)(H,25,26)(H,29,30)/t27-,41?;17-;/m00./s1. The summed E-state index contributed by atoms with van der Waals surface area (Å²) in [6.07, 6.45) is 8.81. The van der Waals surface area contributed by atoms with Crippen LogP contribution in [0, 0.1) is 22.5 Å². The second-order valence-corrected chi connectivity index (χ2v) is 31.8. The molecule has 114 heavy (non-hydrogen) atoms. The summed E-state index contributed by atoms with van der Waals surface area (Å²) in [5.41, 5.74) is 16.0. The molecule has 0 bridgehead atoms. The molecule has 25 nitrogen and oxygen atoms in total. The van der Waals surface area contributed by atoms with Crippen molar-refractivity contribution >= 4 is 63.2 Å². The third kappa shape index (κ3) is 21.5. The highest BCUT2D eigenvalue weighted by Crippen LogP contribution is 2.36. The Morgan fingerprint density at radius 2 is 1.05 bits per heavy atom. The molecule has 4 aromatic heterocycles. The van der Waals surface area contributed by atoms with Gasteiger partial charge in [-0.1, -0.05) is 76.2 Å². The van der Waals surface area contributed by atoms with Crippen LogP contribution in [-0.2, 0) is 98.6 Å². The lowest BCUT2D eigenvalue weighted by Crippen LogP contribution is -2.54. The van der Waals surface area contributed by atoms with Gasteiger partial charge in [0.15, 0.2) is 11.3 Å². The summed E-state index contributed by atoms with van der Waals surface area (Å²) in [6, 6.07) is 26.9. The zero-order valence-electron chi connectivity index (χ0n) is 69.0. The lowest BCUT2D eigenvalue weighted by Gasteiger charge is -2.40. The Balaban J connectivity index is 0.000000193. The lowest BCUT2D eigenvalue weighted by atomic mass is 9.85. The highest BCUT2D eigenvalue weighted by molar-refractivity contribution is 6.05. The first-order valence-corrected chi connectivity index (χ1v) is 40.8. The number of nitrogens with zero attached hydrogens (tertiary/aromatic N) is 9. The lowest BCUT2D eigenvalue weighted by molar-refractivity contribution is -0.155. The van der Waals surface area contributed by atoms with Gasteiger partial charge >= 0.3 is 12.1 Å². The number of piperazine rings is 2. The number of carboxylic acids is 1.